The Morgan fingerprint density at radius 1 is 1.10 bits per heavy atom. The Labute approximate surface area is 176 Å². The van der Waals surface area contributed by atoms with Gasteiger partial charge in [0.25, 0.3) is 5.91 Å². The molecule has 0 saturated heterocycles. The van der Waals surface area contributed by atoms with Gasteiger partial charge in [-0.05, 0) is 24.6 Å². The van der Waals surface area contributed by atoms with Gasteiger partial charge in [0.2, 0.25) is 0 Å². The molecule has 9 heteroatoms. The van der Waals surface area contributed by atoms with E-state index in [-0.39, 0.29) is 23.6 Å². The summed E-state index contributed by atoms with van der Waals surface area (Å²) < 4.78 is 10.4. The molecular weight excluding hydrogens is 408 g/mol. The zero-order valence-electron chi connectivity index (χ0n) is 16.0. The van der Waals surface area contributed by atoms with Gasteiger partial charge in [-0.2, -0.15) is 0 Å². The van der Waals surface area contributed by atoms with Gasteiger partial charge in [0.05, 0.1) is 17.1 Å². The molecule has 0 aliphatic rings. The Kier molecular flexibility index (Phi) is 6.76. The predicted molar refractivity (Wildman–Crippen MR) is 113 cm³/mol. The first-order chi connectivity index (χ1) is 14.5. The molecule has 0 aliphatic carbocycles. The summed E-state index contributed by atoms with van der Waals surface area (Å²) in [5.41, 5.74) is 0.893. The molecule has 0 radical (unpaired) electrons. The van der Waals surface area contributed by atoms with Crippen LogP contribution in [0.15, 0.2) is 60.7 Å². The van der Waals surface area contributed by atoms with Crippen molar-refractivity contribution in [2.45, 2.75) is 6.92 Å². The number of thiophene rings is 1. The van der Waals surface area contributed by atoms with Gasteiger partial charge < -0.3 is 14.8 Å². The molecule has 0 spiro atoms. The molecule has 0 saturated carbocycles. The van der Waals surface area contributed by atoms with Crippen LogP contribution in [-0.2, 0) is 9.53 Å². The number of hydrogen-bond acceptors (Lipinski definition) is 7. The van der Waals surface area contributed by atoms with Crippen molar-refractivity contribution in [3.63, 3.8) is 0 Å². The number of hydrogen-bond donors (Lipinski definition) is 1. The van der Waals surface area contributed by atoms with Gasteiger partial charge in [0, 0.05) is 10.9 Å². The summed E-state index contributed by atoms with van der Waals surface area (Å²) in [5, 5.41) is 14.0. The normalized spacial score (nSPS) is 10.3. The Balaban J connectivity index is 1.78. The molecule has 3 aromatic rings. The van der Waals surface area contributed by atoms with Crippen molar-refractivity contribution in [2.75, 3.05) is 18.5 Å². The molecule has 1 amide bonds. The smallest absolute Gasteiger partial charge is 0.341 e. The number of benzene rings is 2. The van der Waals surface area contributed by atoms with Crippen LogP contribution in [-0.4, -0.2) is 30.0 Å². The van der Waals surface area contributed by atoms with Gasteiger partial charge in [0.1, 0.15) is 5.00 Å². The molecule has 2 aromatic carbocycles. The number of nitro groups is 1. The van der Waals surface area contributed by atoms with Crippen LogP contribution >= 0.6 is 11.3 Å². The summed E-state index contributed by atoms with van der Waals surface area (Å²) in [5.74, 6) is -1.12. The number of para-hydroxylation sites is 2. The van der Waals surface area contributed by atoms with Crippen LogP contribution in [0.1, 0.15) is 17.3 Å². The lowest BCUT2D eigenvalue weighted by Gasteiger charge is -2.08. The van der Waals surface area contributed by atoms with Crippen LogP contribution in [0.3, 0.4) is 0 Å². The van der Waals surface area contributed by atoms with Gasteiger partial charge in [-0.15, -0.1) is 11.3 Å². The van der Waals surface area contributed by atoms with Crippen molar-refractivity contribution in [1.82, 2.24) is 0 Å². The molecule has 0 fully saturated rings. The van der Waals surface area contributed by atoms with Crippen molar-refractivity contribution in [3.05, 3.63) is 76.3 Å². The van der Waals surface area contributed by atoms with E-state index in [9.17, 15) is 19.7 Å². The minimum absolute atomic E-state index is 0.0144. The Bertz CT molecular complexity index is 1060. The first kappa shape index (κ1) is 21.0. The second-order valence-corrected chi connectivity index (χ2v) is 7.05. The fourth-order valence-corrected chi connectivity index (χ4v) is 3.69. The highest BCUT2D eigenvalue weighted by atomic mass is 32.1. The number of rotatable bonds is 8. The number of ether oxygens (including phenoxy) is 2. The number of esters is 1. The summed E-state index contributed by atoms with van der Waals surface area (Å²) in [7, 11) is 0. The van der Waals surface area contributed by atoms with Gasteiger partial charge in [-0.3, -0.25) is 14.9 Å². The Morgan fingerprint density at radius 3 is 2.50 bits per heavy atom. The summed E-state index contributed by atoms with van der Waals surface area (Å²) in [6.07, 6.45) is 0. The van der Waals surface area contributed by atoms with Crippen molar-refractivity contribution in [3.8, 4) is 16.2 Å². The van der Waals surface area contributed by atoms with Crippen molar-refractivity contribution in [2.24, 2.45) is 0 Å². The maximum Gasteiger partial charge on any atom is 0.341 e. The van der Waals surface area contributed by atoms with Gasteiger partial charge >= 0.3 is 11.7 Å². The predicted octanol–water partition coefficient (Wildman–Crippen LogP) is 4.52. The molecule has 0 aliphatic heterocycles. The summed E-state index contributed by atoms with van der Waals surface area (Å²) >= 11 is 1.23. The zero-order chi connectivity index (χ0) is 21.5. The summed E-state index contributed by atoms with van der Waals surface area (Å²) in [6, 6.07) is 16.9. The van der Waals surface area contributed by atoms with Crippen molar-refractivity contribution in [1.29, 1.82) is 0 Å². The van der Waals surface area contributed by atoms with Crippen LogP contribution in [0, 0.1) is 10.1 Å². The Morgan fingerprint density at radius 2 is 1.80 bits per heavy atom. The van der Waals surface area contributed by atoms with Crippen molar-refractivity contribution < 1.29 is 24.0 Å². The average Bonchev–Trinajstić information content (AvgIpc) is 3.17. The third-order valence-corrected chi connectivity index (χ3v) is 5.06. The van der Waals surface area contributed by atoms with E-state index >= 15 is 0 Å². The summed E-state index contributed by atoms with van der Waals surface area (Å²) in [6.45, 7) is 1.44. The van der Waals surface area contributed by atoms with E-state index in [4.69, 9.17) is 9.47 Å². The van der Waals surface area contributed by atoms with Crippen LogP contribution in [0.4, 0.5) is 10.7 Å². The second kappa shape index (κ2) is 9.66. The molecule has 0 bridgehead atoms. The molecule has 1 aromatic heterocycles. The fraction of sp³-hybridized carbons (Fsp3) is 0.143. The zero-order valence-corrected chi connectivity index (χ0v) is 16.8. The molecule has 1 N–H and O–H groups in total. The van der Waals surface area contributed by atoms with E-state index < -0.39 is 23.4 Å². The molecule has 0 unspecified atom stereocenters. The third kappa shape index (κ3) is 5.00. The maximum absolute atomic E-state index is 12.4. The largest absolute Gasteiger partial charge is 0.477 e. The van der Waals surface area contributed by atoms with E-state index in [1.807, 2.05) is 30.3 Å². The number of nitrogens with one attached hydrogen (secondary N) is 1. The highest BCUT2D eigenvalue weighted by Crippen LogP contribution is 2.36. The van der Waals surface area contributed by atoms with E-state index in [1.165, 1.54) is 29.5 Å². The van der Waals surface area contributed by atoms with Gasteiger partial charge in [-0.25, -0.2) is 4.79 Å². The third-order valence-electron chi connectivity index (χ3n) is 3.96. The molecule has 8 nitrogen and oxygen atoms in total. The lowest BCUT2D eigenvalue weighted by molar-refractivity contribution is -0.385. The first-order valence-corrected chi connectivity index (χ1v) is 9.83. The molecule has 3 rings (SSSR count). The van der Waals surface area contributed by atoms with Crippen LogP contribution in [0.25, 0.3) is 10.4 Å². The second-order valence-electron chi connectivity index (χ2n) is 6.00. The monoisotopic (exact) mass is 426 g/mol. The number of nitro benzene ring substituents is 1. The molecular formula is C21H18N2O6S. The minimum atomic E-state index is -0.586. The van der Waals surface area contributed by atoms with E-state index in [0.29, 0.717) is 5.00 Å². The lowest BCUT2D eigenvalue weighted by Crippen LogP contribution is -2.21. The average molecular weight is 426 g/mol. The number of carbonyl (C=O) groups is 2. The van der Waals surface area contributed by atoms with Crippen molar-refractivity contribution >= 4 is 33.9 Å². The van der Waals surface area contributed by atoms with Gasteiger partial charge in [0.15, 0.2) is 12.4 Å². The molecule has 30 heavy (non-hydrogen) atoms. The number of amides is 1. The van der Waals surface area contributed by atoms with E-state index in [0.717, 1.165) is 10.4 Å². The summed E-state index contributed by atoms with van der Waals surface area (Å²) in [4.78, 5) is 36.0. The topological polar surface area (TPSA) is 108 Å². The lowest BCUT2D eigenvalue weighted by atomic mass is 10.1. The van der Waals surface area contributed by atoms with Gasteiger partial charge in [-0.1, -0.05) is 42.5 Å². The fourth-order valence-electron chi connectivity index (χ4n) is 2.63. The maximum atomic E-state index is 12.4. The SMILES string of the molecule is CCOC(=O)c1cc(-c2ccccc2)sc1NC(=O)COc1ccccc1[N+](=O)[O-]. The molecule has 1 heterocycles. The minimum Gasteiger partial charge on any atom is -0.477 e. The number of nitrogens with zero attached hydrogens (tertiary/aromatic N) is 1. The van der Waals surface area contributed by atoms with Crippen LogP contribution in [0.2, 0.25) is 0 Å². The highest BCUT2D eigenvalue weighted by molar-refractivity contribution is 7.20. The first-order valence-electron chi connectivity index (χ1n) is 9.02. The van der Waals surface area contributed by atoms with Crippen LogP contribution < -0.4 is 10.1 Å². The van der Waals surface area contributed by atoms with E-state index in [2.05, 4.69) is 5.32 Å². The standard InChI is InChI=1S/C21H18N2O6S/c1-2-28-21(25)15-12-18(14-8-4-3-5-9-14)30-20(15)22-19(24)13-29-17-11-7-6-10-16(17)23(26)27/h3-12H,2,13H2,1H3,(H,22,24). The number of anilines is 1. The van der Waals surface area contributed by atoms with E-state index in [1.54, 1.807) is 19.1 Å². The van der Waals surface area contributed by atoms with Crippen LogP contribution in [0.5, 0.6) is 5.75 Å². The Hall–Kier alpha value is -3.72. The highest BCUT2D eigenvalue weighted by Gasteiger charge is 2.21. The molecule has 154 valence electrons. The molecule has 0 atom stereocenters. The quantitative estimate of drug-likeness (QED) is 0.322. The number of carbonyl (C=O) groups excluding carboxylic acids is 2.